The first kappa shape index (κ1) is 22.6. The standard InChI is InChI=1S/C22H33N5O2S2/c1-4-17(3)18-8-10-20(11-9-18)31(28,29)25-14-12-24(13-15-25)16-27-22(30)26(5-2)21(23-27)19-6-7-19/h8-11,17,19H,4-7,12-16H2,1-3H3. The van der Waals surface area contributed by atoms with Crippen molar-refractivity contribution in [3.63, 3.8) is 0 Å². The zero-order valence-electron chi connectivity index (χ0n) is 18.7. The molecule has 0 amide bonds. The minimum Gasteiger partial charge on any atom is -0.304 e. The molecular weight excluding hydrogens is 430 g/mol. The highest BCUT2D eigenvalue weighted by Crippen LogP contribution is 2.39. The van der Waals surface area contributed by atoms with Crippen molar-refractivity contribution in [2.24, 2.45) is 0 Å². The third kappa shape index (κ3) is 4.65. The Kier molecular flexibility index (Phi) is 6.67. The molecule has 1 atom stereocenters. The van der Waals surface area contributed by atoms with Gasteiger partial charge in [-0.3, -0.25) is 4.90 Å². The van der Waals surface area contributed by atoms with Crippen LogP contribution in [0.5, 0.6) is 0 Å². The number of nitrogens with zero attached hydrogens (tertiary/aromatic N) is 5. The Hall–Kier alpha value is -1.55. The molecule has 1 saturated heterocycles. The Morgan fingerprint density at radius 1 is 1.10 bits per heavy atom. The maximum Gasteiger partial charge on any atom is 0.243 e. The minimum absolute atomic E-state index is 0.381. The van der Waals surface area contributed by atoms with Gasteiger partial charge in [-0.1, -0.05) is 26.0 Å². The Bertz CT molecular complexity index is 1060. The van der Waals surface area contributed by atoms with Gasteiger partial charge in [-0.2, -0.15) is 9.40 Å². The third-order valence-electron chi connectivity index (χ3n) is 6.57. The molecule has 2 aliphatic rings. The quantitative estimate of drug-likeness (QED) is 0.558. The van der Waals surface area contributed by atoms with Crippen molar-refractivity contribution < 1.29 is 8.42 Å². The predicted molar refractivity (Wildman–Crippen MR) is 124 cm³/mol. The molecular formula is C22H33N5O2S2. The molecule has 1 aliphatic carbocycles. The molecule has 1 aromatic heterocycles. The third-order valence-corrected chi connectivity index (χ3v) is 8.92. The summed E-state index contributed by atoms with van der Waals surface area (Å²) in [6.07, 6.45) is 3.43. The van der Waals surface area contributed by atoms with Crippen LogP contribution in [-0.4, -0.2) is 58.1 Å². The van der Waals surface area contributed by atoms with Gasteiger partial charge in [0.15, 0.2) is 4.77 Å². The first-order valence-electron chi connectivity index (χ1n) is 11.3. The fourth-order valence-electron chi connectivity index (χ4n) is 4.14. The van der Waals surface area contributed by atoms with Gasteiger partial charge in [-0.15, -0.1) is 0 Å². The van der Waals surface area contributed by atoms with E-state index in [-0.39, 0.29) is 0 Å². The van der Waals surface area contributed by atoms with Gasteiger partial charge >= 0.3 is 0 Å². The Labute approximate surface area is 190 Å². The van der Waals surface area contributed by atoms with Crippen molar-refractivity contribution in [2.45, 2.75) is 70.0 Å². The lowest BCUT2D eigenvalue weighted by Gasteiger charge is -2.33. The van der Waals surface area contributed by atoms with Crippen LogP contribution in [-0.2, 0) is 23.2 Å². The van der Waals surface area contributed by atoms with E-state index in [1.807, 2.05) is 16.8 Å². The highest BCUT2D eigenvalue weighted by Gasteiger charge is 2.31. The van der Waals surface area contributed by atoms with Crippen LogP contribution in [0.1, 0.15) is 63.3 Å². The number of piperazine rings is 1. The van der Waals surface area contributed by atoms with Crippen LogP contribution < -0.4 is 0 Å². The van der Waals surface area contributed by atoms with Gasteiger partial charge in [0.1, 0.15) is 5.82 Å². The van der Waals surface area contributed by atoms with Gasteiger partial charge in [0, 0.05) is 38.6 Å². The number of sulfonamides is 1. The molecule has 4 rings (SSSR count). The molecule has 1 aromatic carbocycles. The highest BCUT2D eigenvalue weighted by molar-refractivity contribution is 7.89. The molecule has 1 saturated carbocycles. The van der Waals surface area contributed by atoms with Crippen LogP contribution in [0.2, 0.25) is 0 Å². The van der Waals surface area contributed by atoms with E-state index in [1.165, 1.54) is 18.4 Å². The second kappa shape index (κ2) is 9.13. The molecule has 2 heterocycles. The number of aromatic nitrogens is 3. The minimum atomic E-state index is -3.47. The fourth-order valence-corrected chi connectivity index (χ4v) is 5.89. The maximum absolute atomic E-state index is 13.1. The van der Waals surface area contributed by atoms with Crippen LogP contribution in [0.15, 0.2) is 29.2 Å². The van der Waals surface area contributed by atoms with Gasteiger partial charge in [0.25, 0.3) is 0 Å². The SMILES string of the molecule is CCC(C)c1ccc(S(=O)(=O)N2CCN(Cn3nc(C4CC4)n(CC)c3=S)CC2)cc1. The van der Waals surface area contributed by atoms with Crippen molar-refractivity contribution in [1.29, 1.82) is 0 Å². The summed E-state index contributed by atoms with van der Waals surface area (Å²) in [6.45, 7) is 10.2. The lowest BCUT2D eigenvalue weighted by Crippen LogP contribution is -2.48. The summed E-state index contributed by atoms with van der Waals surface area (Å²) in [6, 6.07) is 7.39. The summed E-state index contributed by atoms with van der Waals surface area (Å²) in [5.41, 5.74) is 1.18. The van der Waals surface area contributed by atoms with Gasteiger partial charge in [0.2, 0.25) is 10.0 Å². The second-order valence-corrected chi connectivity index (χ2v) is 11.0. The van der Waals surface area contributed by atoms with E-state index < -0.39 is 10.0 Å². The Morgan fingerprint density at radius 3 is 2.29 bits per heavy atom. The molecule has 31 heavy (non-hydrogen) atoms. The number of hydrogen-bond donors (Lipinski definition) is 0. The molecule has 0 spiro atoms. The van der Waals surface area contributed by atoms with Gasteiger partial charge in [-0.05, 0) is 62.0 Å². The molecule has 7 nitrogen and oxygen atoms in total. The van der Waals surface area contributed by atoms with Crippen molar-refractivity contribution in [3.05, 3.63) is 40.4 Å². The van der Waals surface area contributed by atoms with Crippen molar-refractivity contribution >= 4 is 22.2 Å². The maximum atomic E-state index is 13.1. The lowest BCUT2D eigenvalue weighted by molar-refractivity contribution is 0.144. The van der Waals surface area contributed by atoms with Crippen LogP contribution >= 0.6 is 12.2 Å². The first-order valence-corrected chi connectivity index (χ1v) is 13.2. The summed E-state index contributed by atoms with van der Waals surface area (Å²) in [5.74, 6) is 2.09. The van der Waals surface area contributed by atoms with Gasteiger partial charge < -0.3 is 4.57 Å². The second-order valence-electron chi connectivity index (χ2n) is 8.70. The zero-order valence-corrected chi connectivity index (χ0v) is 20.3. The van der Waals surface area contributed by atoms with E-state index in [0.717, 1.165) is 23.6 Å². The van der Waals surface area contributed by atoms with Crippen LogP contribution in [0, 0.1) is 4.77 Å². The lowest BCUT2D eigenvalue weighted by atomic mass is 9.99. The summed E-state index contributed by atoms with van der Waals surface area (Å²) in [7, 11) is -3.47. The fraction of sp³-hybridized carbons (Fsp3) is 0.636. The van der Waals surface area contributed by atoms with E-state index in [9.17, 15) is 8.42 Å². The van der Waals surface area contributed by atoms with E-state index in [4.69, 9.17) is 17.3 Å². The monoisotopic (exact) mass is 463 g/mol. The van der Waals surface area contributed by atoms with Crippen LogP contribution in [0.25, 0.3) is 0 Å². The molecule has 1 aliphatic heterocycles. The molecule has 0 bridgehead atoms. The first-order chi connectivity index (χ1) is 14.8. The average molecular weight is 464 g/mol. The number of benzene rings is 1. The van der Waals surface area contributed by atoms with Gasteiger partial charge in [-0.25, -0.2) is 13.1 Å². The zero-order chi connectivity index (χ0) is 22.2. The van der Waals surface area contributed by atoms with Crippen molar-refractivity contribution in [3.8, 4) is 0 Å². The number of rotatable bonds is 8. The average Bonchev–Trinajstić information content (AvgIpc) is 3.58. The Morgan fingerprint density at radius 2 is 1.74 bits per heavy atom. The largest absolute Gasteiger partial charge is 0.304 e. The summed E-state index contributed by atoms with van der Waals surface area (Å²) in [4.78, 5) is 2.61. The summed E-state index contributed by atoms with van der Waals surface area (Å²) < 4.78 is 32.6. The Balaban J connectivity index is 1.40. The molecule has 0 radical (unpaired) electrons. The van der Waals surface area contributed by atoms with Gasteiger partial charge in [0.05, 0.1) is 11.6 Å². The van der Waals surface area contributed by atoms with Crippen molar-refractivity contribution in [2.75, 3.05) is 26.2 Å². The normalized spacial score (nSPS) is 19.6. The van der Waals surface area contributed by atoms with E-state index >= 15 is 0 Å². The van der Waals surface area contributed by atoms with Crippen LogP contribution in [0.3, 0.4) is 0 Å². The molecule has 2 aromatic rings. The molecule has 1 unspecified atom stereocenters. The topological polar surface area (TPSA) is 63.4 Å². The summed E-state index contributed by atoms with van der Waals surface area (Å²) >= 11 is 5.64. The van der Waals surface area contributed by atoms with Crippen LogP contribution in [0.4, 0.5) is 0 Å². The molecule has 9 heteroatoms. The highest BCUT2D eigenvalue weighted by atomic mass is 32.2. The summed E-state index contributed by atoms with van der Waals surface area (Å²) in [5, 5.41) is 4.78. The molecule has 0 N–H and O–H groups in total. The molecule has 2 fully saturated rings. The van der Waals surface area contributed by atoms with E-state index in [2.05, 4.69) is 30.2 Å². The van der Waals surface area contributed by atoms with E-state index in [1.54, 1.807) is 16.4 Å². The smallest absolute Gasteiger partial charge is 0.243 e. The molecule has 170 valence electrons. The number of hydrogen-bond acceptors (Lipinski definition) is 5. The van der Waals surface area contributed by atoms with Crippen molar-refractivity contribution in [1.82, 2.24) is 23.6 Å². The van der Waals surface area contributed by atoms with E-state index in [0.29, 0.717) is 49.6 Å². The predicted octanol–water partition coefficient (Wildman–Crippen LogP) is 3.79.